The molecule has 5 nitrogen and oxygen atoms in total. The third kappa shape index (κ3) is 5.66. The van der Waals surface area contributed by atoms with E-state index in [4.69, 9.17) is 9.72 Å². The number of nitrogens with zero attached hydrogens (tertiary/aromatic N) is 2. The summed E-state index contributed by atoms with van der Waals surface area (Å²) in [6.45, 7) is 4.12. The molecule has 1 saturated carbocycles. The van der Waals surface area contributed by atoms with Gasteiger partial charge in [-0.25, -0.2) is 4.98 Å². The summed E-state index contributed by atoms with van der Waals surface area (Å²) in [6.07, 6.45) is 7.46. The van der Waals surface area contributed by atoms with E-state index in [2.05, 4.69) is 47.1 Å². The summed E-state index contributed by atoms with van der Waals surface area (Å²) >= 11 is 0. The number of aromatic nitrogens is 2. The lowest BCUT2D eigenvalue weighted by Gasteiger charge is -2.20. The highest BCUT2D eigenvalue weighted by atomic mass is 16.5. The van der Waals surface area contributed by atoms with E-state index in [9.17, 15) is 4.79 Å². The van der Waals surface area contributed by atoms with Crippen molar-refractivity contribution in [2.24, 2.45) is 5.92 Å². The Labute approximate surface area is 184 Å². The van der Waals surface area contributed by atoms with Crippen LogP contribution in [-0.4, -0.2) is 28.6 Å². The molecule has 5 heteroatoms. The monoisotopic (exact) mass is 419 g/mol. The predicted octanol–water partition coefficient (Wildman–Crippen LogP) is 5.05. The number of rotatable bonds is 9. The highest BCUT2D eigenvalue weighted by molar-refractivity contribution is 5.78. The molecule has 31 heavy (non-hydrogen) atoms. The minimum atomic E-state index is 0.220. The molecule has 1 aromatic heterocycles. The highest BCUT2D eigenvalue weighted by Crippen LogP contribution is 2.23. The van der Waals surface area contributed by atoms with Crippen molar-refractivity contribution < 1.29 is 9.53 Å². The maximum Gasteiger partial charge on any atom is 0.223 e. The van der Waals surface area contributed by atoms with Crippen LogP contribution in [0.3, 0.4) is 0 Å². The first-order chi connectivity index (χ1) is 15.2. The third-order valence-corrected chi connectivity index (χ3v) is 6.19. The zero-order chi connectivity index (χ0) is 21.5. The average Bonchev–Trinajstić information content (AvgIpc) is 3.16. The van der Waals surface area contributed by atoms with Crippen LogP contribution in [0.15, 0.2) is 48.5 Å². The van der Waals surface area contributed by atoms with E-state index in [1.807, 2.05) is 18.2 Å². The van der Waals surface area contributed by atoms with Gasteiger partial charge < -0.3 is 14.6 Å². The molecule has 0 unspecified atom stereocenters. The molecule has 1 N–H and O–H groups in total. The maximum atomic E-state index is 12.4. The van der Waals surface area contributed by atoms with Crippen LogP contribution in [-0.2, 0) is 17.8 Å². The molecule has 2 aromatic carbocycles. The number of imidazole rings is 1. The normalized spacial score (nSPS) is 14.6. The van der Waals surface area contributed by atoms with Gasteiger partial charge in [-0.2, -0.15) is 0 Å². The Kier molecular flexibility index (Phi) is 7.23. The second-order valence-corrected chi connectivity index (χ2v) is 8.56. The Bertz CT molecular complexity index is 988. The number of aryl methyl sites for hydroxylation is 2. The molecule has 3 aromatic rings. The van der Waals surface area contributed by atoms with E-state index in [1.54, 1.807) is 0 Å². The number of amides is 1. The zero-order valence-electron chi connectivity index (χ0n) is 18.5. The minimum Gasteiger partial charge on any atom is -0.492 e. The van der Waals surface area contributed by atoms with Crippen molar-refractivity contribution in [3.63, 3.8) is 0 Å². The van der Waals surface area contributed by atoms with E-state index in [-0.39, 0.29) is 11.8 Å². The fourth-order valence-electron chi connectivity index (χ4n) is 4.42. The van der Waals surface area contributed by atoms with E-state index in [0.29, 0.717) is 13.2 Å². The van der Waals surface area contributed by atoms with Crippen LogP contribution in [0, 0.1) is 12.8 Å². The van der Waals surface area contributed by atoms with Crippen LogP contribution in [0.4, 0.5) is 0 Å². The Morgan fingerprint density at radius 1 is 1.10 bits per heavy atom. The summed E-state index contributed by atoms with van der Waals surface area (Å²) in [6, 6.07) is 16.4. The standard InChI is InChI=1S/C26H33N3O2/c1-20-13-15-22(16-14-20)31-19-18-29-24-11-6-5-10-23(24)28-25(29)12-7-17-27-26(30)21-8-3-2-4-9-21/h5-6,10-11,13-16,21H,2-4,7-9,12,17-19H2,1H3,(H,27,30). The van der Waals surface area contributed by atoms with Crippen molar-refractivity contribution in [2.75, 3.05) is 13.2 Å². The van der Waals surface area contributed by atoms with Crippen molar-refractivity contribution >= 4 is 16.9 Å². The molecule has 0 aliphatic heterocycles. The van der Waals surface area contributed by atoms with E-state index >= 15 is 0 Å². The number of carbonyl (C=O) groups excluding carboxylic acids is 1. The summed E-state index contributed by atoms with van der Waals surface area (Å²) in [5, 5.41) is 3.14. The van der Waals surface area contributed by atoms with Gasteiger partial charge in [0.15, 0.2) is 0 Å². The molecule has 1 aliphatic carbocycles. The zero-order valence-corrected chi connectivity index (χ0v) is 18.5. The van der Waals surface area contributed by atoms with Crippen molar-refractivity contribution in [1.82, 2.24) is 14.9 Å². The SMILES string of the molecule is Cc1ccc(OCCn2c(CCCNC(=O)C3CCCCC3)nc3ccccc32)cc1. The van der Waals surface area contributed by atoms with Gasteiger partial charge in [0.2, 0.25) is 5.91 Å². The van der Waals surface area contributed by atoms with Crippen molar-refractivity contribution in [3.8, 4) is 5.75 Å². The largest absolute Gasteiger partial charge is 0.492 e. The fourth-order valence-corrected chi connectivity index (χ4v) is 4.42. The lowest BCUT2D eigenvalue weighted by molar-refractivity contribution is -0.125. The first-order valence-electron chi connectivity index (χ1n) is 11.6. The molecule has 0 bridgehead atoms. The number of para-hydroxylation sites is 2. The summed E-state index contributed by atoms with van der Waals surface area (Å²) in [5.41, 5.74) is 3.38. The number of nitrogens with one attached hydrogen (secondary N) is 1. The Hall–Kier alpha value is -2.82. The summed E-state index contributed by atoms with van der Waals surface area (Å²) < 4.78 is 8.21. The molecule has 164 valence electrons. The van der Waals surface area contributed by atoms with Gasteiger partial charge in [0.1, 0.15) is 18.2 Å². The van der Waals surface area contributed by atoms with Gasteiger partial charge in [-0.3, -0.25) is 4.79 Å². The smallest absolute Gasteiger partial charge is 0.223 e. The van der Waals surface area contributed by atoms with E-state index in [0.717, 1.165) is 54.8 Å². The van der Waals surface area contributed by atoms with E-state index in [1.165, 1.54) is 24.8 Å². The summed E-state index contributed by atoms with van der Waals surface area (Å²) in [4.78, 5) is 17.2. The molecule has 1 heterocycles. The van der Waals surface area contributed by atoms with Crippen LogP contribution >= 0.6 is 0 Å². The molecule has 1 amide bonds. The fraction of sp³-hybridized carbons (Fsp3) is 0.462. The molecular weight excluding hydrogens is 386 g/mol. The van der Waals surface area contributed by atoms with Crippen molar-refractivity contribution in [2.45, 2.75) is 58.4 Å². The van der Waals surface area contributed by atoms with Gasteiger partial charge in [-0.05, 0) is 50.5 Å². The number of benzene rings is 2. The first kappa shape index (κ1) is 21.4. The molecule has 1 fully saturated rings. The van der Waals surface area contributed by atoms with Crippen LogP contribution in [0.25, 0.3) is 11.0 Å². The van der Waals surface area contributed by atoms with Gasteiger partial charge in [-0.1, -0.05) is 49.1 Å². The summed E-state index contributed by atoms with van der Waals surface area (Å²) in [7, 11) is 0. The third-order valence-electron chi connectivity index (χ3n) is 6.19. The molecular formula is C26H33N3O2. The Balaban J connectivity index is 1.33. The lowest BCUT2D eigenvalue weighted by Crippen LogP contribution is -2.32. The molecule has 4 rings (SSSR count). The van der Waals surface area contributed by atoms with Crippen molar-refractivity contribution in [1.29, 1.82) is 0 Å². The number of hydrogen-bond donors (Lipinski definition) is 1. The Morgan fingerprint density at radius 2 is 1.87 bits per heavy atom. The van der Waals surface area contributed by atoms with E-state index < -0.39 is 0 Å². The van der Waals surface area contributed by atoms with Gasteiger partial charge in [0, 0.05) is 18.9 Å². The van der Waals surface area contributed by atoms with Gasteiger partial charge in [-0.15, -0.1) is 0 Å². The Morgan fingerprint density at radius 3 is 2.68 bits per heavy atom. The first-order valence-corrected chi connectivity index (χ1v) is 11.6. The van der Waals surface area contributed by atoms with Crippen LogP contribution < -0.4 is 10.1 Å². The topological polar surface area (TPSA) is 56.1 Å². The van der Waals surface area contributed by atoms with Crippen LogP contribution in [0.5, 0.6) is 5.75 Å². The molecule has 1 aliphatic rings. The molecule has 0 spiro atoms. The lowest BCUT2D eigenvalue weighted by atomic mass is 9.89. The quantitative estimate of drug-likeness (QED) is 0.494. The average molecular weight is 420 g/mol. The highest BCUT2D eigenvalue weighted by Gasteiger charge is 2.20. The minimum absolute atomic E-state index is 0.220. The van der Waals surface area contributed by atoms with Gasteiger partial charge >= 0.3 is 0 Å². The maximum absolute atomic E-state index is 12.4. The van der Waals surface area contributed by atoms with Crippen LogP contribution in [0.2, 0.25) is 0 Å². The molecule has 0 radical (unpaired) electrons. The van der Waals surface area contributed by atoms with Gasteiger partial charge in [0.05, 0.1) is 17.6 Å². The van der Waals surface area contributed by atoms with Gasteiger partial charge in [0.25, 0.3) is 0 Å². The second kappa shape index (κ2) is 10.5. The van der Waals surface area contributed by atoms with Crippen molar-refractivity contribution in [3.05, 3.63) is 59.9 Å². The molecule has 0 saturated heterocycles. The second-order valence-electron chi connectivity index (χ2n) is 8.56. The number of carbonyl (C=O) groups is 1. The number of hydrogen-bond acceptors (Lipinski definition) is 3. The number of fused-ring (bicyclic) bond motifs is 1. The predicted molar refractivity (Wildman–Crippen MR) is 124 cm³/mol. The van der Waals surface area contributed by atoms with Crippen LogP contribution in [0.1, 0.15) is 49.9 Å². The number of ether oxygens (including phenoxy) is 1. The summed E-state index contributed by atoms with van der Waals surface area (Å²) in [5.74, 6) is 2.40. The molecule has 0 atom stereocenters.